The Labute approximate surface area is 128 Å². The van der Waals surface area contributed by atoms with Crippen molar-refractivity contribution in [2.75, 3.05) is 6.54 Å². The molecule has 0 spiro atoms. The van der Waals surface area contributed by atoms with E-state index in [4.69, 9.17) is 5.11 Å². The highest BCUT2D eigenvalue weighted by molar-refractivity contribution is 5.76. The zero-order valence-electron chi connectivity index (χ0n) is 13.9. The Kier molecular flexibility index (Phi) is 10.7. The lowest BCUT2D eigenvalue weighted by Crippen LogP contribution is -2.44. The van der Waals surface area contributed by atoms with E-state index < -0.39 is 11.9 Å². The highest BCUT2D eigenvalue weighted by Crippen LogP contribution is 2.11. The number of urea groups is 1. The fraction of sp³-hybridized carbons (Fsp3) is 0.875. The van der Waals surface area contributed by atoms with Crippen molar-refractivity contribution in [3.8, 4) is 0 Å². The van der Waals surface area contributed by atoms with Crippen LogP contribution in [0.4, 0.5) is 4.79 Å². The van der Waals surface area contributed by atoms with Gasteiger partial charge in [0.2, 0.25) is 0 Å². The SMILES string of the molecule is CCCCC(CCC)NC(=O)NCC(CC(C)C)C(=O)O. The number of carboxylic acid groups (broad SMARTS) is 1. The van der Waals surface area contributed by atoms with Crippen LogP contribution in [-0.2, 0) is 4.79 Å². The van der Waals surface area contributed by atoms with E-state index in [-0.39, 0.29) is 18.6 Å². The fourth-order valence-electron chi connectivity index (χ4n) is 2.38. The molecular weight excluding hydrogens is 268 g/mol. The summed E-state index contributed by atoms with van der Waals surface area (Å²) in [7, 11) is 0. The van der Waals surface area contributed by atoms with Gasteiger partial charge in [-0.25, -0.2) is 4.79 Å². The van der Waals surface area contributed by atoms with Crippen molar-refractivity contribution in [2.24, 2.45) is 11.8 Å². The van der Waals surface area contributed by atoms with Gasteiger partial charge in [-0.1, -0.05) is 47.0 Å². The average Bonchev–Trinajstić information content (AvgIpc) is 2.40. The Morgan fingerprint density at radius 2 is 1.76 bits per heavy atom. The molecule has 2 unspecified atom stereocenters. The van der Waals surface area contributed by atoms with E-state index >= 15 is 0 Å². The lowest BCUT2D eigenvalue weighted by atomic mass is 9.97. The molecule has 0 bridgehead atoms. The quantitative estimate of drug-likeness (QED) is 0.547. The zero-order valence-corrected chi connectivity index (χ0v) is 13.9. The van der Waals surface area contributed by atoms with E-state index in [0.29, 0.717) is 12.3 Å². The van der Waals surface area contributed by atoms with Gasteiger partial charge in [-0.15, -0.1) is 0 Å². The summed E-state index contributed by atoms with van der Waals surface area (Å²) in [5.41, 5.74) is 0. The Morgan fingerprint density at radius 3 is 2.24 bits per heavy atom. The largest absolute Gasteiger partial charge is 0.481 e. The van der Waals surface area contributed by atoms with Crippen LogP contribution in [0.3, 0.4) is 0 Å². The maximum atomic E-state index is 11.9. The van der Waals surface area contributed by atoms with Crippen LogP contribution in [0, 0.1) is 11.8 Å². The molecule has 2 atom stereocenters. The Hall–Kier alpha value is -1.26. The summed E-state index contributed by atoms with van der Waals surface area (Å²) in [4.78, 5) is 23.0. The van der Waals surface area contributed by atoms with Gasteiger partial charge in [0, 0.05) is 12.6 Å². The van der Waals surface area contributed by atoms with Gasteiger partial charge in [0.05, 0.1) is 5.92 Å². The molecule has 0 saturated heterocycles. The molecular formula is C16H32N2O3. The van der Waals surface area contributed by atoms with Crippen molar-refractivity contribution in [3.63, 3.8) is 0 Å². The minimum absolute atomic E-state index is 0.184. The minimum Gasteiger partial charge on any atom is -0.481 e. The molecule has 5 heteroatoms. The smallest absolute Gasteiger partial charge is 0.315 e. The molecule has 3 N–H and O–H groups in total. The Bertz CT molecular complexity index is 306. The number of aliphatic carboxylic acids is 1. The second kappa shape index (κ2) is 11.4. The van der Waals surface area contributed by atoms with Gasteiger partial charge < -0.3 is 15.7 Å². The number of amides is 2. The van der Waals surface area contributed by atoms with E-state index in [1.807, 2.05) is 13.8 Å². The van der Waals surface area contributed by atoms with Crippen molar-refractivity contribution >= 4 is 12.0 Å². The normalized spacial score (nSPS) is 13.8. The van der Waals surface area contributed by atoms with Crippen molar-refractivity contribution in [2.45, 2.75) is 72.3 Å². The van der Waals surface area contributed by atoms with Crippen LogP contribution in [0.2, 0.25) is 0 Å². The van der Waals surface area contributed by atoms with Crippen LogP contribution in [0.15, 0.2) is 0 Å². The molecule has 0 heterocycles. The standard InChI is InChI=1S/C16H32N2O3/c1-5-7-9-14(8-6-2)18-16(21)17-11-13(15(19)20)10-12(3)4/h12-14H,5-11H2,1-4H3,(H,19,20)(H2,17,18,21). The van der Waals surface area contributed by atoms with Crippen LogP contribution in [0.1, 0.15) is 66.2 Å². The van der Waals surface area contributed by atoms with Gasteiger partial charge in [0.15, 0.2) is 0 Å². The lowest BCUT2D eigenvalue weighted by molar-refractivity contribution is -0.142. The molecule has 0 aromatic rings. The van der Waals surface area contributed by atoms with E-state index in [9.17, 15) is 9.59 Å². The third kappa shape index (κ3) is 10.2. The van der Waals surface area contributed by atoms with E-state index in [1.54, 1.807) is 0 Å². The summed E-state index contributed by atoms with van der Waals surface area (Å²) in [5, 5.41) is 14.8. The first-order valence-corrected chi connectivity index (χ1v) is 8.17. The molecule has 124 valence electrons. The molecule has 5 nitrogen and oxygen atoms in total. The molecule has 0 radical (unpaired) electrons. The van der Waals surface area contributed by atoms with Crippen molar-refractivity contribution in [1.82, 2.24) is 10.6 Å². The number of hydrogen-bond donors (Lipinski definition) is 3. The molecule has 0 aliphatic rings. The van der Waals surface area contributed by atoms with Gasteiger partial charge in [0.25, 0.3) is 0 Å². The number of carbonyl (C=O) groups is 2. The summed E-state index contributed by atoms with van der Waals surface area (Å²) in [6, 6.07) is -0.0668. The summed E-state index contributed by atoms with van der Waals surface area (Å²) in [6.07, 6.45) is 5.74. The zero-order chi connectivity index (χ0) is 16.3. The molecule has 0 rings (SSSR count). The fourth-order valence-corrected chi connectivity index (χ4v) is 2.38. The molecule has 0 fully saturated rings. The maximum Gasteiger partial charge on any atom is 0.315 e. The lowest BCUT2D eigenvalue weighted by Gasteiger charge is -2.20. The molecule has 0 aliphatic carbocycles. The van der Waals surface area contributed by atoms with Crippen LogP contribution in [-0.4, -0.2) is 29.7 Å². The number of hydrogen-bond acceptors (Lipinski definition) is 2. The third-order valence-electron chi connectivity index (χ3n) is 3.49. The topological polar surface area (TPSA) is 78.4 Å². The second-order valence-electron chi connectivity index (χ2n) is 6.15. The van der Waals surface area contributed by atoms with Gasteiger partial charge in [-0.2, -0.15) is 0 Å². The summed E-state index contributed by atoms with van der Waals surface area (Å²) in [6.45, 7) is 8.39. The molecule has 0 saturated carbocycles. The monoisotopic (exact) mass is 300 g/mol. The van der Waals surface area contributed by atoms with E-state index in [1.165, 1.54) is 0 Å². The van der Waals surface area contributed by atoms with Crippen LogP contribution < -0.4 is 10.6 Å². The van der Waals surface area contributed by atoms with Crippen LogP contribution in [0.25, 0.3) is 0 Å². The summed E-state index contributed by atoms with van der Waals surface area (Å²) >= 11 is 0. The van der Waals surface area contributed by atoms with Gasteiger partial charge in [-0.3, -0.25) is 4.79 Å². The average molecular weight is 300 g/mol. The molecule has 0 aliphatic heterocycles. The number of carbonyl (C=O) groups excluding carboxylic acids is 1. The first-order chi connectivity index (χ1) is 9.90. The number of rotatable bonds is 11. The molecule has 21 heavy (non-hydrogen) atoms. The molecule has 0 aromatic carbocycles. The number of carboxylic acids is 1. The maximum absolute atomic E-state index is 11.9. The van der Waals surface area contributed by atoms with Crippen molar-refractivity contribution < 1.29 is 14.7 Å². The van der Waals surface area contributed by atoms with Gasteiger partial charge in [0.1, 0.15) is 0 Å². The minimum atomic E-state index is -0.847. The Morgan fingerprint density at radius 1 is 1.10 bits per heavy atom. The molecule has 0 aromatic heterocycles. The van der Waals surface area contributed by atoms with Crippen LogP contribution >= 0.6 is 0 Å². The summed E-state index contributed by atoms with van der Waals surface area (Å²) in [5.74, 6) is -1.07. The highest BCUT2D eigenvalue weighted by atomic mass is 16.4. The highest BCUT2D eigenvalue weighted by Gasteiger charge is 2.20. The Balaban J connectivity index is 4.22. The van der Waals surface area contributed by atoms with Crippen molar-refractivity contribution in [3.05, 3.63) is 0 Å². The predicted octanol–water partition coefficient (Wildman–Crippen LogP) is 3.39. The molecule has 2 amide bonds. The van der Waals surface area contributed by atoms with Gasteiger partial charge in [-0.05, 0) is 25.2 Å². The second-order valence-corrected chi connectivity index (χ2v) is 6.15. The summed E-state index contributed by atoms with van der Waals surface area (Å²) < 4.78 is 0. The predicted molar refractivity (Wildman–Crippen MR) is 85.3 cm³/mol. The van der Waals surface area contributed by atoms with Gasteiger partial charge >= 0.3 is 12.0 Å². The van der Waals surface area contributed by atoms with E-state index in [0.717, 1.165) is 32.1 Å². The third-order valence-corrected chi connectivity index (χ3v) is 3.49. The number of nitrogens with one attached hydrogen (secondary N) is 2. The van der Waals surface area contributed by atoms with Crippen molar-refractivity contribution in [1.29, 1.82) is 0 Å². The first kappa shape index (κ1) is 19.7. The van der Waals surface area contributed by atoms with E-state index in [2.05, 4.69) is 24.5 Å². The number of unbranched alkanes of at least 4 members (excludes halogenated alkanes) is 1. The van der Waals surface area contributed by atoms with Crippen LogP contribution in [0.5, 0.6) is 0 Å². The first-order valence-electron chi connectivity index (χ1n) is 8.17.